The van der Waals surface area contributed by atoms with Gasteiger partial charge in [0.1, 0.15) is 6.61 Å². The molecule has 0 bridgehead atoms. The van der Waals surface area contributed by atoms with Crippen molar-refractivity contribution in [3.05, 3.63) is 22.8 Å². The third kappa shape index (κ3) is 3.00. The smallest absolute Gasteiger partial charge is 0.334 e. The van der Waals surface area contributed by atoms with E-state index in [1.807, 2.05) is 6.08 Å². The highest BCUT2D eigenvalue weighted by atomic mass is 32.1. The monoisotopic (exact) mass is 336 g/mol. The number of aliphatic hydroxyl groups is 1. The molecule has 2 aliphatic carbocycles. The first-order valence-electron chi connectivity index (χ1n) is 8.84. The Morgan fingerprint density at radius 3 is 2.83 bits per heavy atom. The molecule has 3 rings (SSSR count). The summed E-state index contributed by atoms with van der Waals surface area (Å²) in [6.45, 7) is 5.00. The Balaban J connectivity index is 1.84. The van der Waals surface area contributed by atoms with Gasteiger partial charge in [0.2, 0.25) is 0 Å². The molecule has 1 heterocycles. The second kappa shape index (κ2) is 6.64. The van der Waals surface area contributed by atoms with Gasteiger partial charge in [-0.3, -0.25) is 0 Å². The van der Waals surface area contributed by atoms with E-state index in [0.29, 0.717) is 18.4 Å². The molecule has 0 radical (unpaired) electrons. The molecule has 0 amide bonds. The molecule has 1 fully saturated rings. The molecule has 0 aromatic heterocycles. The third-order valence-corrected chi connectivity index (χ3v) is 6.92. The summed E-state index contributed by atoms with van der Waals surface area (Å²) in [6, 6.07) is 0. The van der Waals surface area contributed by atoms with Crippen molar-refractivity contribution in [2.24, 2.45) is 17.3 Å². The molecule has 0 aromatic rings. The lowest BCUT2D eigenvalue weighted by atomic mass is 9.54. The molecule has 1 N–H and O–H groups in total. The number of allylic oxidation sites excluding steroid dienone is 1. The van der Waals surface area contributed by atoms with Crippen molar-refractivity contribution in [2.45, 2.75) is 58.5 Å². The molecule has 0 aromatic carbocycles. The number of carbonyl (C=O) groups is 1. The van der Waals surface area contributed by atoms with Crippen LogP contribution in [0, 0.1) is 17.3 Å². The molecule has 128 valence electrons. The molecule has 4 heteroatoms. The zero-order valence-electron chi connectivity index (χ0n) is 14.2. The summed E-state index contributed by atoms with van der Waals surface area (Å²) >= 11 is 4.56. The summed E-state index contributed by atoms with van der Waals surface area (Å²) < 4.78 is 5.03. The highest BCUT2D eigenvalue weighted by Gasteiger charge is 2.48. The normalized spacial score (nSPS) is 37.5. The van der Waals surface area contributed by atoms with Crippen LogP contribution in [0.15, 0.2) is 22.8 Å². The predicted octanol–water partition coefficient (Wildman–Crippen LogP) is 3.68. The zero-order chi connectivity index (χ0) is 16.6. The van der Waals surface area contributed by atoms with Crippen molar-refractivity contribution in [2.75, 3.05) is 12.4 Å². The highest BCUT2D eigenvalue weighted by Crippen LogP contribution is 2.56. The fourth-order valence-electron chi connectivity index (χ4n) is 5.08. The number of ether oxygens (including phenoxy) is 1. The summed E-state index contributed by atoms with van der Waals surface area (Å²) in [6.07, 6.45) is 7.59. The lowest BCUT2D eigenvalue weighted by Gasteiger charge is -2.52. The van der Waals surface area contributed by atoms with Crippen molar-refractivity contribution >= 4 is 18.6 Å². The predicted molar refractivity (Wildman–Crippen MR) is 94.4 cm³/mol. The lowest BCUT2D eigenvalue weighted by Crippen LogP contribution is -2.46. The van der Waals surface area contributed by atoms with E-state index in [4.69, 9.17) is 4.74 Å². The van der Waals surface area contributed by atoms with Gasteiger partial charge in [-0.2, -0.15) is 12.6 Å². The number of esters is 1. The molecule has 4 atom stereocenters. The Hall–Kier alpha value is -0.740. The summed E-state index contributed by atoms with van der Waals surface area (Å²) in [5.74, 6) is 1.54. The van der Waals surface area contributed by atoms with Crippen LogP contribution in [-0.4, -0.2) is 29.5 Å². The standard InChI is InChI=1S/C19H28O3S/c1-12-15-5-4-14(11-23)16(19(15,2)9-7-17(12)20)6-3-13-8-10-22-18(13)21/h8,12,15,17,20,23H,3-7,9-11H2,1-2H3/t12-,15?,17-,19-/m1/s1. The van der Waals surface area contributed by atoms with Crippen molar-refractivity contribution in [3.8, 4) is 0 Å². The summed E-state index contributed by atoms with van der Waals surface area (Å²) in [4.78, 5) is 11.7. The number of cyclic esters (lactones) is 1. The minimum atomic E-state index is -0.167. The molecular weight excluding hydrogens is 308 g/mol. The Morgan fingerprint density at radius 1 is 1.39 bits per heavy atom. The topological polar surface area (TPSA) is 46.5 Å². The number of hydrogen-bond acceptors (Lipinski definition) is 4. The molecule has 1 aliphatic heterocycles. The maximum Gasteiger partial charge on any atom is 0.334 e. The molecule has 23 heavy (non-hydrogen) atoms. The second-order valence-electron chi connectivity index (χ2n) is 7.60. The van der Waals surface area contributed by atoms with Gasteiger partial charge in [0.05, 0.1) is 6.10 Å². The van der Waals surface area contributed by atoms with Crippen molar-refractivity contribution in [1.82, 2.24) is 0 Å². The number of aliphatic hydroxyl groups excluding tert-OH is 1. The van der Waals surface area contributed by atoms with Gasteiger partial charge in [-0.05, 0) is 61.9 Å². The van der Waals surface area contributed by atoms with Crippen LogP contribution in [0.25, 0.3) is 0 Å². The first-order valence-corrected chi connectivity index (χ1v) is 9.47. The number of thiol groups is 1. The van der Waals surface area contributed by atoms with Gasteiger partial charge >= 0.3 is 5.97 Å². The van der Waals surface area contributed by atoms with Gasteiger partial charge in [-0.25, -0.2) is 4.79 Å². The average Bonchev–Trinajstić information content (AvgIpc) is 2.94. The van der Waals surface area contributed by atoms with Crippen LogP contribution < -0.4 is 0 Å². The lowest BCUT2D eigenvalue weighted by molar-refractivity contribution is -0.136. The molecule has 0 spiro atoms. The van der Waals surface area contributed by atoms with Crippen LogP contribution in [0.5, 0.6) is 0 Å². The second-order valence-corrected chi connectivity index (χ2v) is 7.91. The van der Waals surface area contributed by atoms with E-state index in [-0.39, 0.29) is 17.5 Å². The molecule has 0 saturated heterocycles. The van der Waals surface area contributed by atoms with Gasteiger partial charge in [0.15, 0.2) is 0 Å². The van der Waals surface area contributed by atoms with Crippen LogP contribution in [0.2, 0.25) is 0 Å². The van der Waals surface area contributed by atoms with E-state index in [1.165, 1.54) is 11.1 Å². The maximum atomic E-state index is 11.7. The molecule has 1 saturated carbocycles. The SMILES string of the molecule is C[C@@H]1C2CCC(CS)=C(CCC3=CCOC3=O)[C@]2(C)CC[C@H]1O. The van der Waals surface area contributed by atoms with E-state index >= 15 is 0 Å². The van der Waals surface area contributed by atoms with Crippen molar-refractivity contribution < 1.29 is 14.6 Å². The summed E-state index contributed by atoms with van der Waals surface area (Å²) in [5.41, 5.74) is 3.94. The van der Waals surface area contributed by atoms with E-state index in [2.05, 4.69) is 26.5 Å². The first-order chi connectivity index (χ1) is 11.0. The van der Waals surface area contributed by atoms with Gasteiger partial charge in [-0.15, -0.1) is 0 Å². The minimum Gasteiger partial charge on any atom is -0.458 e. The minimum absolute atomic E-state index is 0.150. The summed E-state index contributed by atoms with van der Waals surface area (Å²) in [7, 11) is 0. The molecule has 3 aliphatic rings. The Morgan fingerprint density at radius 2 is 2.17 bits per heavy atom. The van der Waals surface area contributed by atoms with Gasteiger partial charge in [0, 0.05) is 11.3 Å². The number of fused-ring (bicyclic) bond motifs is 1. The van der Waals surface area contributed by atoms with Crippen molar-refractivity contribution in [3.63, 3.8) is 0 Å². The van der Waals surface area contributed by atoms with E-state index < -0.39 is 0 Å². The van der Waals surface area contributed by atoms with Crippen LogP contribution in [0.4, 0.5) is 0 Å². The fraction of sp³-hybridized carbons (Fsp3) is 0.737. The van der Waals surface area contributed by atoms with E-state index in [9.17, 15) is 9.90 Å². The van der Waals surface area contributed by atoms with E-state index in [1.54, 1.807) is 0 Å². The van der Waals surface area contributed by atoms with Crippen molar-refractivity contribution in [1.29, 1.82) is 0 Å². The van der Waals surface area contributed by atoms with Crippen LogP contribution >= 0.6 is 12.6 Å². The zero-order valence-corrected chi connectivity index (χ0v) is 15.1. The van der Waals surface area contributed by atoms with Gasteiger partial charge in [-0.1, -0.05) is 25.0 Å². The fourth-order valence-corrected chi connectivity index (χ4v) is 5.43. The van der Waals surface area contributed by atoms with Crippen LogP contribution in [0.1, 0.15) is 52.4 Å². The number of rotatable bonds is 4. The average molecular weight is 336 g/mol. The Bertz CT molecular complexity index is 551. The largest absolute Gasteiger partial charge is 0.458 e. The van der Waals surface area contributed by atoms with Crippen LogP contribution in [0.3, 0.4) is 0 Å². The van der Waals surface area contributed by atoms with Crippen LogP contribution in [-0.2, 0) is 9.53 Å². The molecular formula is C19H28O3S. The summed E-state index contributed by atoms with van der Waals surface area (Å²) in [5, 5.41) is 10.3. The molecule has 1 unspecified atom stereocenters. The number of carbonyl (C=O) groups excluding carboxylic acids is 1. The quantitative estimate of drug-likeness (QED) is 0.468. The van der Waals surface area contributed by atoms with Gasteiger partial charge in [0.25, 0.3) is 0 Å². The maximum absolute atomic E-state index is 11.7. The Labute approximate surface area is 144 Å². The Kier molecular flexibility index (Phi) is 4.93. The van der Waals surface area contributed by atoms with Gasteiger partial charge < -0.3 is 9.84 Å². The number of hydrogen-bond donors (Lipinski definition) is 2. The highest BCUT2D eigenvalue weighted by molar-refractivity contribution is 7.80. The first kappa shape index (κ1) is 17.1. The molecule has 3 nitrogen and oxygen atoms in total. The third-order valence-electron chi connectivity index (χ3n) is 6.53. The van der Waals surface area contributed by atoms with E-state index in [0.717, 1.165) is 49.9 Å².